The standard InChI is InChI=1S/C12H24N2OS/c1-11-9-14(5-8-16-11)12(10-13)3-2-6-15-7-4-12/h11H,2-10,13H2,1H3. The number of hydrogen-bond acceptors (Lipinski definition) is 4. The lowest BCUT2D eigenvalue weighted by atomic mass is 9.88. The highest BCUT2D eigenvalue weighted by Crippen LogP contribution is 2.31. The minimum Gasteiger partial charge on any atom is -0.381 e. The van der Waals surface area contributed by atoms with E-state index in [2.05, 4.69) is 23.6 Å². The van der Waals surface area contributed by atoms with Crippen LogP contribution >= 0.6 is 11.8 Å². The average Bonchev–Trinajstić information content (AvgIpc) is 2.55. The fourth-order valence-electron chi connectivity index (χ4n) is 2.89. The van der Waals surface area contributed by atoms with Gasteiger partial charge in [0.2, 0.25) is 0 Å². The molecule has 2 unspecified atom stereocenters. The minimum atomic E-state index is 0.228. The van der Waals surface area contributed by atoms with Gasteiger partial charge >= 0.3 is 0 Å². The van der Waals surface area contributed by atoms with E-state index in [1.165, 1.54) is 25.3 Å². The van der Waals surface area contributed by atoms with Gasteiger partial charge in [0.15, 0.2) is 0 Å². The van der Waals surface area contributed by atoms with Crippen LogP contribution in [0.3, 0.4) is 0 Å². The molecule has 94 valence electrons. The molecule has 16 heavy (non-hydrogen) atoms. The molecule has 2 aliphatic rings. The Bertz CT molecular complexity index is 217. The number of ether oxygens (including phenoxy) is 1. The van der Waals surface area contributed by atoms with E-state index < -0.39 is 0 Å². The van der Waals surface area contributed by atoms with Crippen molar-refractivity contribution in [3.8, 4) is 0 Å². The van der Waals surface area contributed by atoms with Crippen molar-refractivity contribution in [1.82, 2.24) is 4.90 Å². The van der Waals surface area contributed by atoms with Crippen molar-refractivity contribution in [3.63, 3.8) is 0 Å². The lowest BCUT2D eigenvalue weighted by Crippen LogP contribution is -2.57. The van der Waals surface area contributed by atoms with Gasteiger partial charge in [0.05, 0.1) is 0 Å². The Balaban J connectivity index is 2.05. The van der Waals surface area contributed by atoms with Gasteiger partial charge in [0.1, 0.15) is 0 Å². The number of nitrogens with zero attached hydrogens (tertiary/aromatic N) is 1. The van der Waals surface area contributed by atoms with Gasteiger partial charge in [-0.15, -0.1) is 0 Å². The Morgan fingerprint density at radius 3 is 3.06 bits per heavy atom. The Hall–Kier alpha value is 0.230. The Labute approximate surface area is 103 Å². The molecular formula is C12H24N2OS. The van der Waals surface area contributed by atoms with Gasteiger partial charge in [-0.05, 0) is 19.3 Å². The van der Waals surface area contributed by atoms with E-state index in [1.54, 1.807) is 0 Å². The Morgan fingerprint density at radius 1 is 1.44 bits per heavy atom. The first kappa shape index (κ1) is 12.7. The van der Waals surface area contributed by atoms with Crippen LogP contribution in [0.25, 0.3) is 0 Å². The molecule has 0 aromatic heterocycles. The summed E-state index contributed by atoms with van der Waals surface area (Å²) in [5.41, 5.74) is 6.31. The molecule has 2 N–H and O–H groups in total. The summed E-state index contributed by atoms with van der Waals surface area (Å²) in [6.07, 6.45) is 3.48. The monoisotopic (exact) mass is 244 g/mol. The summed E-state index contributed by atoms with van der Waals surface area (Å²) in [7, 11) is 0. The molecule has 0 spiro atoms. The lowest BCUT2D eigenvalue weighted by molar-refractivity contribution is 0.0708. The van der Waals surface area contributed by atoms with Gasteiger partial charge in [0.25, 0.3) is 0 Å². The maximum Gasteiger partial charge on any atom is 0.0484 e. The van der Waals surface area contributed by atoms with Gasteiger partial charge in [-0.25, -0.2) is 0 Å². The molecule has 2 aliphatic heterocycles. The van der Waals surface area contributed by atoms with E-state index in [0.717, 1.165) is 37.9 Å². The second kappa shape index (κ2) is 5.71. The van der Waals surface area contributed by atoms with E-state index in [9.17, 15) is 0 Å². The molecule has 0 bridgehead atoms. The van der Waals surface area contributed by atoms with E-state index >= 15 is 0 Å². The number of nitrogens with two attached hydrogens (primary N) is 1. The molecule has 0 aromatic carbocycles. The SMILES string of the molecule is CC1CN(C2(CN)CCCOCC2)CCS1. The summed E-state index contributed by atoms with van der Waals surface area (Å²) >= 11 is 2.09. The Kier molecular flexibility index (Phi) is 4.53. The molecular weight excluding hydrogens is 220 g/mol. The Morgan fingerprint density at radius 2 is 2.31 bits per heavy atom. The van der Waals surface area contributed by atoms with Crippen molar-refractivity contribution < 1.29 is 4.74 Å². The molecule has 0 amide bonds. The van der Waals surface area contributed by atoms with Gasteiger partial charge < -0.3 is 10.5 Å². The third-order valence-electron chi connectivity index (χ3n) is 3.93. The molecule has 4 heteroatoms. The van der Waals surface area contributed by atoms with E-state index in [4.69, 9.17) is 10.5 Å². The summed E-state index contributed by atoms with van der Waals surface area (Å²) in [5.74, 6) is 1.25. The van der Waals surface area contributed by atoms with Crippen molar-refractivity contribution in [1.29, 1.82) is 0 Å². The van der Waals surface area contributed by atoms with Crippen molar-refractivity contribution >= 4 is 11.8 Å². The molecule has 0 radical (unpaired) electrons. The number of rotatable bonds is 2. The average molecular weight is 244 g/mol. The lowest BCUT2D eigenvalue weighted by Gasteiger charge is -2.46. The number of hydrogen-bond donors (Lipinski definition) is 1. The first-order chi connectivity index (χ1) is 7.77. The van der Waals surface area contributed by atoms with Crippen LogP contribution in [0.2, 0.25) is 0 Å². The molecule has 2 heterocycles. The zero-order chi connectivity index (χ0) is 11.4. The summed E-state index contributed by atoms with van der Waals surface area (Å²) in [5, 5.41) is 0.751. The van der Waals surface area contributed by atoms with Crippen LogP contribution in [0.5, 0.6) is 0 Å². The third-order valence-corrected chi connectivity index (χ3v) is 5.07. The predicted octanol–water partition coefficient (Wildman–Crippen LogP) is 1.32. The van der Waals surface area contributed by atoms with Crippen molar-refractivity contribution in [2.75, 3.05) is 38.6 Å². The third kappa shape index (κ3) is 2.73. The highest BCUT2D eigenvalue weighted by Gasteiger charge is 2.37. The van der Waals surface area contributed by atoms with E-state index in [1.807, 2.05) is 0 Å². The van der Waals surface area contributed by atoms with Gasteiger partial charge in [-0.1, -0.05) is 6.92 Å². The van der Waals surface area contributed by atoms with E-state index in [-0.39, 0.29) is 5.54 Å². The minimum absolute atomic E-state index is 0.228. The van der Waals surface area contributed by atoms with Crippen LogP contribution in [0.4, 0.5) is 0 Å². The molecule has 2 atom stereocenters. The largest absolute Gasteiger partial charge is 0.381 e. The van der Waals surface area contributed by atoms with Crippen molar-refractivity contribution in [3.05, 3.63) is 0 Å². The summed E-state index contributed by atoms with van der Waals surface area (Å²) in [6, 6.07) is 0. The molecule has 2 saturated heterocycles. The molecule has 0 aliphatic carbocycles. The number of thioether (sulfide) groups is 1. The second-order valence-electron chi connectivity index (χ2n) is 5.02. The first-order valence-corrected chi connectivity index (χ1v) is 7.46. The smallest absolute Gasteiger partial charge is 0.0484 e. The van der Waals surface area contributed by atoms with Crippen molar-refractivity contribution in [2.24, 2.45) is 5.73 Å². The predicted molar refractivity (Wildman–Crippen MR) is 69.9 cm³/mol. The fraction of sp³-hybridized carbons (Fsp3) is 1.00. The maximum atomic E-state index is 6.08. The van der Waals surface area contributed by atoms with Gasteiger partial charge in [-0.2, -0.15) is 11.8 Å². The first-order valence-electron chi connectivity index (χ1n) is 6.41. The van der Waals surface area contributed by atoms with E-state index in [0.29, 0.717) is 0 Å². The molecule has 3 nitrogen and oxygen atoms in total. The highest BCUT2D eigenvalue weighted by molar-refractivity contribution is 7.99. The zero-order valence-corrected chi connectivity index (χ0v) is 11.1. The van der Waals surface area contributed by atoms with Crippen molar-refractivity contribution in [2.45, 2.75) is 37.0 Å². The normalized spacial score (nSPS) is 38.2. The maximum absolute atomic E-state index is 6.08. The van der Waals surface area contributed by atoms with Gasteiger partial charge in [0, 0.05) is 49.4 Å². The summed E-state index contributed by atoms with van der Waals surface area (Å²) in [4.78, 5) is 2.64. The van der Waals surface area contributed by atoms with Crippen LogP contribution in [0.15, 0.2) is 0 Å². The van der Waals surface area contributed by atoms with Crippen LogP contribution < -0.4 is 5.73 Å². The molecule has 0 aromatic rings. The van der Waals surface area contributed by atoms with Crippen LogP contribution in [0.1, 0.15) is 26.2 Å². The molecule has 0 saturated carbocycles. The molecule has 2 fully saturated rings. The van der Waals surface area contributed by atoms with Crippen LogP contribution in [-0.2, 0) is 4.74 Å². The van der Waals surface area contributed by atoms with Gasteiger partial charge in [-0.3, -0.25) is 4.90 Å². The molecule has 2 rings (SSSR count). The van der Waals surface area contributed by atoms with Crippen LogP contribution in [-0.4, -0.2) is 54.3 Å². The highest BCUT2D eigenvalue weighted by atomic mass is 32.2. The van der Waals surface area contributed by atoms with Crippen LogP contribution in [0, 0.1) is 0 Å². The quantitative estimate of drug-likeness (QED) is 0.795. The summed E-state index contributed by atoms with van der Waals surface area (Å²) in [6.45, 7) is 7.31. The fourth-order valence-corrected chi connectivity index (χ4v) is 3.90. The summed E-state index contributed by atoms with van der Waals surface area (Å²) < 4.78 is 5.58. The topological polar surface area (TPSA) is 38.5 Å². The second-order valence-corrected chi connectivity index (χ2v) is 6.57. The zero-order valence-electron chi connectivity index (χ0n) is 10.3.